The molecule has 2 rings (SSSR count). The molecule has 0 aliphatic carbocycles. The summed E-state index contributed by atoms with van der Waals surface area (Å²) in [6.07, 6.45) is 17.6. The normalized spacial score (nSPS) is 13.1. The number of amides is 1. The Labute approximate surface area is 164 Å². The van der Waals surface area contributed by atoms with Crippen molar-refractivity contribution >= 4 is 23.2 Å². The molecule has 0 saturated carbocycles. The van der Waals surface area contributed by atoms with Crippen LogP contribution >= 0.6 is 0 Å². The molecule has 0 aromatic carbocycles. The highest BCUT2D eigenvalue weighted by molar-refractivity contribution is 6.02. The fraction of sp³-hybridized carbons (Fsp3) is 0.682. The van der Waals surface area contributed by atoms with E-state index in [9.17, 15) is 4.79 Å². The van der Waals surface area contributed by atoms with Crippen molar-refractivity contribution in [1.29, 1.82) is 0 Å². The summed E-state index contributed by atoms with van der Waals surface area (Å²) < 4.78 is 0. The Kier molecular flexibility index (Phi) is 9.88. The van der Waals surface area contributed by atoms with Crippen LogP contribution in [0.25, 0.3) is 0 Å². The summed E-state index contributed by atoms with van der Waals surface area (Å²) in [5, 5.41) is 1.55. The average Bonchev–Trinajstić information content (AvgIpc) is 2.70. The third kappa shape index (κ3) is 7.31. The van der Waals surface area contributed by atoms with Crippen molar-refractivity contribution in [3.8, 4) is 0 Å². The molecule has 0 radical (unpaired) electrons. The molecule has 27 heavy (non-hydrogen) atoms. The summed E-state index contributed by atoms with van der Waals surface area (Å²) in [6, 6.07) is 3.78. The van der Waals surface area contributed by atoms with E-state index in [0.717, 1.165) is 24.4 Å². The SMILES string of the molecule is CCCCCCCCCCCCCC1=Nc2cccnc2N(C(=O)CC)N1. The lowest BCUT2D eigenvalue weighted by Crippen LogP contribution is -2.48. The van der Waals surface area contributed by atoms with Crippen LogP contribution < -0.4 is 10.4 Å². The number of fused-ring (bicyclic) bond motifs is 1. The average molecular weight is 373 g/mol. The summed E-state index contributed by atoms with van der Waals surface area (Å²) >= 11 is 0. The van der Waals surface area contributed by atoms with E-state index in [1.165, 1.54) is 64.2 Å². The first kappa shape index (κ1) is 21.4. The summed E-state index contributed by atoms with van der Waals surface area (Å²) in [4.78, 5) is 21.1. The minimum absolute atomic E-state index is 0.0151. The van der Waals surface area contributed by atoms with Crippen LogP contribution in [0.15, 0.2) is 23.3 Å². The number of rotatable bonds is 13. The summed E-state index contributed by atoms with van der Waals surface area (Å²) in [6.45, 7) is 4.13. The number of carbonyl (C=O) groups is 1. The first-order valence-electron chi connectivity index (χ1n) is 10.9. The number of anilines is 1. The van der Waals surface area contributed by atoms with E-state index in [4.69, 9.17) is 0 Å². The first-order valence-corrected chi connectivity index (χ1v) is 10.9. The molecule has 1 aromatic rings. The zero-order valence-electron chi connectivity index (χ0n) is 17.2. The highest BCUT2D eigenvalue weighted by atomic mass is 16.2. The van der Waals surface area contributed by atoms with Gasteiger partial charge < -0.3 is 0 Å². The summed E-state index contributed by atoms with van der Waals surface area (Å²) in [7, 11) is 0. The van der Waals surface area contributed by atoms with Gasteiger partial charge in [0, 0.05) is 19.0 Å². The van der Waals surface area contributed by atoms with Gasteiger partial charge in [-0.2, -0.15) is 0 Å². The van der Waals surface area contributed by atoms with Crippen LogP contribution in [0.1, 0.15) is 97.3 Å². The van der Waals surface area contributed by atoms with Gasteiger partial charge in [-0.25, -0.2) is 15.0 Å². The second-order valence-electron chi connectivity index (χ2n) is 7.38. The molecule has 1 aromatic heterocycles. The number of amidine groups is 1. The molecular formula is C22H36N4O. The molecular weight excluding hydrogens is 336 g/mol. The Morgan fingerprint density at radius 3 is 2.22 bits per heavy atom. The Morgan fingerprint density at radius 1 is 0.963 bits per heavy atom. The molecule has 0 atom stereocenters. The molecule has 0 spiro atoms. The number of carbonyl (C=O) groups excluding carboxylic acids is 1. The number of nitrogens with zero attached hydrogens (tertiary/aromatic N) is 3. The number of nitrogens with one attached hydrogen (secondary N) is 1. The van der Waals surface area contributed by atoms with Gasteiger partial charge in [-0.3, -0.25) is 10.2 Å². The second kappa shape index (κ2) is 12.5. The van der Waals surface area contributed by atoms with Gasteiger partial charge in [-0.1, -0.05) is 78.1 Å². The van der Waals surface area contributed by atoms with Crippen molar-refractivity contribution in [2.45, 2.75) is 97.3 Å². The largest absolute Gasteiger partial charge is 0.277 e. The standard InChI is InChI=1S/C22H36N4O/c1-3-5-6-7-8-9-10-11-12-13-14-17-20-24-19-16-15-18-23-22(19)26(25-20)21(27)4-2/h15-16,18H,3-14,17H2,1-2H3,(H,24,25). The molecule has 5 heteroatoms. The first-order chi connectivity index (χ1) is 13.3. The van der Waals surface area contributed by atoms with E-state index in [2.05, 4.69) is 22.3 Å². The smallest absolute Gasteiger partial charge is 0.246 e. The van der Waals surface area contributed by atoms with E-state index >= 15 is 0 Å². The molecule has 1 aliphatic rings. The number of aliphatic imine (C=N–C) groups is 1. The van der Waals surface area contributed by atoms with Crippen molar-refractivity contribution in [3.05, 3.63) is 18.3 Å². The molecule has 0 fully saturated rings. The van der Waals surface area contributed by atoms with Crippen molar-refractivity contribution in [2.75, 3.05) is 5.01 Å². The van der Waals surface area contributed by atoms with Crippen molar-refractivity contribution in [1.82, 2.24) is 10.4 Å². The molecule has 0 unspecified atom stereocenters. The zero-order chi connectivity index (χ0) is 19.3. The number of pyridine rings is 1. The van der Waals surface area contributed by atoms with Crippen molar-refractivity contribution in [3.63, 3.8) is 0 Å². The topological polar surface area (TPSA) is 57.6 Å². The molecule has 5 nitrogen and oxygen atoms in total. The predicted octanol–water partition coefficient (Wildman–Crippen LogP) is 6.07. The lowest BCUT2D eigenvalue weighted by molar-refractivity contribution is -0.118. The molecule has 1 amide bonds. The number of aromatic nitrogens is 1. The molecule has 0 bridgehead atoms. The van der Waals surface area contributed by atoms with Crippen LogP contribution in [0.4, 0.5) is 11.5 Å². The lowest BCUT2D eigenvalue weighted by atomic mass is 10.1. The maximum atomic E-state index is 12.2. The van der Waals surface area contributed by atoms with Crippen LogP contribution in [-0.4, -0.2) is 16.7 Å². The van der Waals surface area contributed by atoms with Crippen LogP contribution in [-0.2, 0) is 4.79 Å². The van der Waals surface area contributed by atoms with E-state index in [1.54, 1.807) is 11.2 Å². The Bertz CT molecular complexity index is 600. The minimum atomic E-state index is 0.0151. The quantitative estimate of drug-likeness (QED) is 0.427. The van der Waals surface area contributed by atoms with Crippen LogP contribution in [0.5, 0.6) is 0 Å². The third-order valence-electron chi connectivity index (χ3n) is 5.04. The number of unbranched alkanes of at least 4 members (excludes halogenated alkanes) is 10. The Balaban J connectivity index is 1.65. The maximum Gasteiger partial charge on any atom is 0.246 e. The van der Waals surface area contributed by atoms with Crippen LogP contribution in [0.2, 0.25) is 0 Å². The molecule has 0 saturated heterocycles. The fourth-order valence-electron chi connectivity index (χ4n) is 3.41. The van der Waals surface area contributed by atoms with Gasteiger partial charge in [0.2, 0.25) is 5.91 Å². The summed E-state index contributed by atoms with van der Waals surface area (Å²) in [5.41, 5.74) is 3.94. The van der Waals surface area contributed by atoms with E-state index < -0.39 is 0 Å². The zero-order valence-corrected chi connectivity index (χ0v) is 17.2. The highest BCUT2D eigenvalue weighted by Crippen LogP contribution is 2.28. The van der Waals surface area contributed by atoms with E-state index in [0.29, 0.717) is 12.2 Å². The minimum Gasteiger partial charge on any atom is -0.277 e. The molecule has 150 valence electrons. The van der Waals surface area contributed by atoms with Crippen LogP contribution in [0, 0.1) is 0 Å². The van der Waals surface area contributed by atoms with Gasteiger partial charge >= 0.3 is 0 Å². The van der Waals surface area contributed by atoms with Gasteiger partial charge in [-0.05, 0) is 18.6 Å². The molecule has 2 heterocycles. The number of hydrogen-bond donors (Lipinski definition) is 1. The Morgan fingerprint density at radius 2 is 1.59 bits per heavy atom. The lowest BCUT2D eigenvalue weighted by Gasteiger charge is -2.28. The van der Waals surface area contributed by atoms with Gasteiger partial charge in [0.1, 0.15) is 11.5 Å². The fourth-order valence-corrected chi connectivity index (χ4v) is 3.41. The highest BCUT2D eigenvalue weighted by Gasteiger charge is 2.24. The van der Waals surface area contributed by atoms with E-state index in [-0.39, 0.29) is 5.91 Å². The van der Waals surface area contributed by atoms with Gasteiger partial charge in [-0.15, -0.1) is 0 Å². The van der Waals surface area contributed by atoms with Crippen LogP contribution in [0.3, 0.4) is 0 Å². The monoisotopic (exact) mass is 372 g/mol. The summed E-state index contributed by atoms with van der Waals surface area (Å²) in [5.74, 6) is 1.49. The predicted molar refractivity (Wildman–Crippen MR) is 113 cm³/mol. The molecule has 1 N–H and O–H groups in total. The number of hydrazine groups is 1. The van der Waals surface area contributed by atoms with Gasteiger partial charge in [0.05, 0.1) is 0 Å². The van der Waals surface area contributed by atoms with Gasteiger partial charge in [0.25, 0.3) is 0 Å². The Hall–Kier alpha value is -1.91. The number of hydrogen-bond acceptors (Lipinski definition) is 4. The maximum absolute atomic E-state index is 12.2. The van der Waals surface area contributed by atoms with Crippen molar-refractivity contribution < 1.29 is 4.79 Å². The molecule has 1 aliphatic heterocycles. The second-order valence-corrected chi connectivity index (χ2v) is 7.38. The third-order valence-corrected chi connectivity index (χ3v) is 5.04. The van der Waals surface area contributed by atoms with E-state index in [1.807, 2.05) is 19.1 Å². The van der Waals surface area contributed by atoms with Crippen molar-refractivity contribution in [2.24, 2.45) is 4.99 Å². The van der Waals surface area contributed by atoms with Gasteiger partial charge in [0.15, 0.2) is 5.82 Å².